The van der Waals surface area contributed by atoms with Crippen molar-refractivity contribution in [2.24, 2.45) is 0 Å². The lowest BCUT2D eigenvalue weighted by atomic mass is 9.98. The molecule has 0 aromatic rings. The fourth-order valence-electron chi connectivity index (χ4n) is 7.31. The standard InChI is InChI=1S/C55H88O15/c1-3-5-7-9-11-13-15-17-19-20-21-22-24-25-27-29-31-33-35-37-46(57)65-40-43(68-47(58)38-36-34-32-30-28-26-23-18-16-14-12-10-8-6-4-2)41-66-54-53(64)51(62)49(60)45(70-54)42-67-55-52(63)50(61)48(59)44(39-56)69-55/h5,7,11-14,17-19,21-23,25,27-28,30,43-45,48-56,59-64H,3-4,6,8-10,15-16,20,24,26,29,31-42H2,1-2H3/b7-5+,13-11+,14-12+,19-17+,22-21+,23-18+,27-25+,30-28+/t43-,44+,45+,48-,49-,50?,51?,52?,53?,54+,55+/m0/s1. The molecule has 7 N–H and O–H groups in total. The molecule has 2 aliphatic heterocycles. The summed E-state index contributed by atoms with van der Waals surface area (Å²) in [5, 5.41) is 72.1. The first-order valence-electron chi connectivity index (χ1n) is 25.8. The van der Waals surface area contributed by atoms with Gasteiger partial charge in [-0.2, -0.15) is 0 Å². The highest BCUT2D eigenvalue weighted by molar-refractivity contribution is 5.70. The van der Waals surface area contributed by atoms with E-state index in [1.54, 1.807) is 0 Å². The number of carbonyl (C=O) groups is 2. The fourth-order valence-corrected chi connectivity index (χ4v) is 7.31. The summed E-state index contributed by atoms with van der Waals surface area (Å²) in [6.07, 6.45) is 34.3. The Morgan fingerprint density at radius 1 is 0.471 bits per heavy atom. The fraction of sp³-hybridized carbons (Fsp3) is 0.673. The van der Waals surface area contributed by atoms with Crippen molar-refractivity contribution in [1.82, 2.24) is 0 Å². The molecule has 2 aliphatic rings. The highest BCUT2D eigenvalue weighted by Crippen LogP contribution is 2.26. The van der Waals surface area contributed by atoms with Crippen LogP contribution in [0.5, 0.6) is 0 Å². The number of esters is 2. The third-order valence-electron chi connectivity index (χ3n) is 11.5. The van der Waals surface area contributed by atoms with Crippen LogP contribution in [0.4, 0.5) is 0 Å². The number of carbonyl (C=O) groups excluding carboxylic acids is 2. The van der Waals surface area contributed by atoms with Crippen molar-refractivity contribution in [3.05, 3.63) is 97.2 Å². The van der Waals surface area contributed by atoms with E-state index >= 15 is 0 Å². The largest absolute Gasteiger partial charge is 0.462 e. The number of allylic oxidation sites excluding steroid dienone is 16. The van der Waals surface area contributed by atoms with Gasteiger partial charge in [-0.3, -0.25) is 9.59 Å². The molecule has 15 heteroatoms. The summed E-state index contributed by atoms with van der Waals surface area (Å²) < 4.78 is 33.5. The molecule has 0 radical (unpaired) electrons. The Hall–Kier alpha value is -3.58. The molecule has 0 aromatic heterocycles. The van der Waals surface area contributed by atoms with Crippen LogP contribution < -0.4 is 0 Å². The topological polar surface area (TPSA) is 231 Å². The van der Waals surface area contributed by atoms with Crippen LogP contribution in [0.2, 0.25) is 0 Å². The van der Waals surface area contributed by atoms with Gasteiger partial charge in [0, 0.05) is 12.8 Å². The average molecular weight is 989 g/mol. The first-order chi connectivity index (χ1) is 34.0. The molecule has 0 aromatic carbocycles. The molecule has 0 spiro atoms. The Balaban J connectivity index is 1.84. The lowest BCUT2D eigenvalue weighted by molar-refractivity contribution is -0.332. The zero-order chi connectivity index (χ0) is 51.0. The zero-order valence-electron chi connectivity index (χ0n) is 42.0. The second-order valence-electron chi connectivity index (χ2n) is 17.6. The number of ether oxygens (including phenoxy) is 6. The first kappa shape index (κ1) is 62.5. The Morgan fingerprint density at radius 3 is 1.41 bits per heavy atom. The van der Waals surface area contributed by atoms with Gasteiger partial charge in [0.2, 0.25) is 0 Å². The minimum Gasteiger partial charge on any atom is -0.462 e. The van der Waals surface area contributed by atoms with Crippen LogP contribution in [0.3, 0.4) is 0 Å². The first-order valence-corrected chi connectivity index (χ1v) is 25.8. The van der Waals surface area contributed by atoms with Gasteiger partial charge in [0.05, 0.1) is 19.8 Å². The molecule has 0 aliphatic carbocycles. The normalized spacial score (nSPS) is 26.2. The van der Waals surface area contributed by atoms with E-state index in [1.807, 2.05) is 0 Å². The summed E-state index contributed by atoms with van der Waals surface area (Å²) in [5.74, 6) is -1.02. The maximum atomic E-state index is 13.0. The minimum absolute atomic E-state index is 0.103. The third kappa shape index (κ3) is 28.5. The second kappa shape index (κ2) is 41.0. The van der Waals surface area contributed by atoms with E-state index < -0.39 is 99.3 Å². The van der Waals surface area contributed by atoms with Gasteiger partial charge >= 0.3 is 11.9 Å². The van der Waals surface area contributed by atoms with Crippen molar-refractivity contribution < 1.29 is 73.8 Å². The van der Waals surface area contributed by atoms with Gasteiger partial charge in [0.15, 0.2) is 18.7 Å². The average Bonchev–Trinajstić information content (AvgIpc) is 3.35. The maximum absolute atomic E-state index is 13.0. The molecule has 11 atom stereocenters. The second-order valence-corrected chi connectivity index (χ2v) is 17.6. The number of aliphatic hydroxyl groups is 7. The van der Waals surface area contributed by atoms with E-state index in [-0.39, 0.29) is 19.4 Å². The van der Waals surface area contributed by atoms with Gasteiger partial charge in [-0.25, -0.2) is 0 Å². The van der Waals surface area contributed by atoms with Gasteiger partial charge < -0.3 is 64.2 Å². The summed E-state index contributed by atoms with van der Waals surface area (Å²) >= 11 is 0. The molecule has 0 amide bonds. The third-order valence-corrected chi connectivity index (χ3v) is 11.5. The molecule has 70 heavy (non-hydrogen) atoms. The van der Waals surface area contributed by atoms with Crippen molar-refractivity contribution in [2.75, 3.05) is 26.4 Å². The van der Waals surface area contributed by atoms with E-state index in [9.17, 15) is 45.3 Å². The molecule has 2 rings (SSSR count). The number of rotatable bonds is 38. The summed E-state index contributed by atoms with van der Waals surface area (Å²) in [7, 11) is 0. The molecule has 0 bridgehead atoms. The predicted molar refractivity (Wildman–Crippen MR) is 270 cm³/mol. The number of hydrogen-bond donors (Lipinski definition) is 7. The molecular weight excluding hydrogens is 901 g/mol. The Morgan fingerprint density at radius 2 is 0.900 bits per heavy atom. The van der Waals surface area contributed by atoms with Crippen LogP contribution in [-0.2, 0) is 38.0 Å². The van der Waals surface area contributed by atoms with Gasteiger partial charge in [-0.05, 0) is 96.3 Å². The van der Waals surface area contributed by atoms with Gasteiger partial charge in [-0.1, -0.05) is 130 Å². The SMILES string of the molecule is CC/C=C/C/C=C/C/C=C/C/C=C/C/C=C/CCCCCC(=O)OC[C@@H](CO[C@@H]1O[C@H](CO[C@@H]2O[C@H](CO)[C@H](O)C(O)C2O)[C@H](O)C(O)C1O)OC(=O)CCCC/C=C/C/C=C/C/C=C/CCCCC. The summed E-state index contributed by atoms with van der Waals surface area (Å²) in [6.45, 7) is 2.34. The highest BCUT2D eigenvalue weighted by atomic mass is 16.7. The highest BCUT2D eigenvalue weighted by Gasteiger charge is 2.47. The predicted octanol–water partition coefficient (Wildman–Crippen LogP) is 7.37. The van der Waals surface area contributed by atoms with Crippen molar-refractivity contribution >= 4 is 11.9 Å². The van der Waals surface area contributed by atoms with Crippen molar-refractivity contribution in [1.29, 1.82) is 0 Å². The van der Waals surface area contributed by atoms with Crippen molar-refractivity contribution in [3.8, 4) is 0 Å². The van der Waals surface area contributed by atoms with Crippen LogP contribution in [0.15, 0.2) is 97.2 Å². The van der Waals surface area contributed by atoms with E-state index in [0.717, 1.165) is 83.5 Å². The summed E-state index contributed by atoms with van der Waals surface area (Å²) in [6, 6.07) is 0. The van der Waals surface area contributed by atoms with E-state index in [1.165, 1.54) is 19.3 Å². The lowest BCUT2D eigenvalue weighted by Crippen LogP contribution is -2.61. The Labute approximate surface area is 417 Å². The monoisotopic (exact) mass is 989 g/mol. The molecule has 398 valence electrons. The van der Waals surface area contributed by atoms with Crippen molar-refractivity contribution in [2.45, 2.75) is 210 Å². The maximum Gasteiger partial charge on any atom is 0.306 e. The van der Waals surface area contributed by atoms with Crippen molar-refractivity contribution in [3.63, 3.8) is 0 Å². The molecular formula is C55H88O15. The molecule has 2 saturated heterocycles. The molecule has 4 unspecified atom stereocenters. The summed E-state index contributed by atoms with van der Waals surface area (Å²) in [5.41, 5.74) is 0. The Kier molecular flexibility index (Phi) is 36.6. The van der Waals surface area contributed by atoms with Gasteiger partial charge in [-0.15, -0.1) is 0 Å². The quantitative estimate of drug-likeness (QED) is 0.0182. The molecule has 2 heterocycles. The van der Waals surface area contributed by atoms with Crippen LogP contribution in [0.1, 0.15) is 142 Å². The van der Waals surface area contributed by atoms with Crippen LogP contribution in [0, 0.1) is 0 Å². The van der Waals surface area contributed by atoms with Crippen LogP contribution in [0.25, 0.3) is 0 Å². The Bertz CT molecular complexity index is 1580. The number of aliphatic hydroxyl groups excluding tert-OH is 7. The minimum atomic E-state index is -1.78. The van der Waals surface area contributed by atoms with Gasteiger partial charge in [0.1, 0.15) is 55.4 Å². The van der Waals surface area contributed by atoms with E-state index in [4.69, 9.17) is 28.4 Å². The molecule has 2 fully saturated rings. The lowest BCUT2D eigenvalue weighted by Gasteiger charge is -2.42. The molecule has 15 nitrogen and oxygen atoms in total. The number of hydrogen-bond acceptors (Lipinski definition) is 15. The zero-order valence-corrected chi connectivity index (χ0v) is 42.0. The molecule has 0 saturated carbocycles. The summed E-state index contributed by atoms with van der Waals surface area (Å²) in [4.78, 5) is 25.8. The number of unbranched alkanes of at least 4 members (excludes halogenated alkanes) is 8. The van der Waals surface area contributed by atoms with Gasteiger partial charge in [0.25, 0.3) is 0 Å². The van der Waals surface area contributed by atoms with Crippen LogP contribution >= 0.6 is 0 Å². The smallest absolute Gasteiger partial charge is 0.306 e. The van der Waals surface area contributed by atoms with Crippen LogP contribution in [-0.4, -0.2) is 142 Å². The van der Waals surface area contributed by atoms with E-state index in [2.05, 4.69) is 111 Å². The van der Waals surface area contributed by atoms with E-state index in [0.29, 0.717) is 12.8 Å².